The molecule has 2 aromatic carbocycles. The van der Waals surface area contributed by atoms with E-state index >= 15 is 0 Å². The minimum absolute atomic E-state index is 0.0191. The summed E-state index contributed by atoms with van der Waals surface area (Å²) in [6, 6.07) is 12.3. The molecule has 8 heteroatoms. The Morgan fingerprint density at radius 3 is 2.66 bits per heavy atom. The zero-order valence-electron chi connectivity index (χ0n) is 22.2. The second-order valence-electron chi connectivity index (χ2n) is 10.5. The molecule has 0 bridgehead atoms. The third kappa shape index (κ3) is 6.22. The van der Waals surface area contributed by atoms with E-state index in [4.69, 9.17) is 21.1 Å². The number of carbonyl (C=O) groups excluding carboxylic acids is 2. The van der Waals surface area contributed by atoms with E-state index in [1.54, 1.807) is 4.90 Å². The molecule has 3 aliphatic rings. The molecule has 2 heterocycles. The summed E-state index contributed by atoms with van der Waals surface area (Å²) in [4.78, 5) is 31.5. The maximum absolute atomic E-state index is 12.9. The quantitative estimate of drug-likeness (QED) is 0.527. The zero-order valence-corrected chi connectivity index (χ0v) is 23.0. The molecule has 5 rings (SSSR count). The van der Waals surface area contributed by atoms with E-state index in [0.717, 1.165) is 50.0 Å². The van der Waals surface area contributed by atoms with Gasteiger partial charge in [-0.2, -0.15) is 0 Å². The number of amides is 2. The summed E-state index contributed by atoms with van der Waals surface area (Å²) >= 11 is 6.15. The van der Waals surface area contributed by atoms with Gasteiger partial charge in [-0.25, -0.2) is 4.79 Å². The van der Waals surface area contributed by atoms with Crippen LogP contribution in [-0.2, 0) is 27.3 Å². The summed E-state index contributed by atoms with van der Waals surface area (Å²) in [6.45, 7) is 7.02. The van der Waals surface area contributed by atoms with E-state index in [1.165, 1.54) is 22.3 Å². The van der Waals surface area contributed by atoms with Crippen molar-refractivity contribution in [2.24, 2.45) is 0 Å². The molecule has 2 aliphatic heterocycles. The first-order valence-electron chi connectivity index (χ1n) is 13.4. The monoisotopic (exact) mass is 537 g/mol. The van der Waals surface area contributed by atoms with Crippen LogP contribution in [0.2, 0.25) is 5.02 Å². The molecule has 0 N–H and O–H groups in total. The van der Waals surface area contributed by atoms with Gasteiger partial charge in [0.15, 0.2) is 0 Å². The molecule has 1 atom stereocenters. The van der Waals surface area contributed by atoms with E-state index in [-0.39, 0.29) is 24.6 Å². The van der Waals surface area contributed by atoms with Crippen molar-refractivity contribution < 1.29 is 19.1 Å². The van der Waals surface area contributed by atoms with Crippen LogP contribution in [0.15, 0.2) is 42.5 Å². The van der Waals surface area contributed by atoms with Gasteiger partial charge in [0.2, 0.25) is 5.91 Å². The molecule has 0 radical (unpaired) electrons. The maximum Gasteiger partial charge on any atom is 0.410 e. The minimum atomic E-state index is -0.336. The Bertz CT molecular complexity index is 1200. The van der Waals surface area contributed by atoms with Crippen molar-refractivity contribution in [3.8, 4) is 0 Å². The molecule has 1 saturated heterocycles. The van der Waals surface area contributed by atoms with Crippen LogP contribution in [0, 0.1) is 6.92 Å². The van der Waals surface area contributed by atoms with Crippen LogP contribution >= 0.6 is 11.6 Å². The number of fused-ring (bicyclic) bond motifs is 1. The first-order valence-corrected chi connectivity index (χ1v) is 13.8. The Balaban J connectivity index is 1.20. The van der Waals surface area contributed by atoms with Crippen molar-refractivity contribution >= 4 is 29.2 Å². The summed E-state index contributed by atoms with van der Waals surface area (Å²) in [5, 5.41) is 0.642. The number of benzene rings is 2. The zero-order chi connectivity index (χ0) is 26.6. The van der Waals surface area contributed by atoms with Crippen LogP contribution < -0.4 is 0 Å². The van der Waals surface area contributed by atoms with E-state index in [1.807, 2.05) is 37.1 Å². The van der Waals surface area contributed by atoms with E-state index in [0.29, 0.717) is 31.3 Å². The van der Waals surface area contributed by atoms with Crippen LogP contribution in [0.1, 0.15) is 46.7 Å². The van der Waals surface area contributed by atoms with Crippen LogP contribution in [-0.4, -0.2) is 79.7 Å². The van der Waals surface area contributed by atoms with Crippen molar-refractivity contribution in [3.63, 3.8) is 0 Å². The number of carbonyl (C=O) groups is 2. The Morgan fingerprint density at radius 2 is 1.92 bits per heavy atom. The van der Waals surface area contributed by atoms with Crippen molar-refractivity contribution in [2.75, 3.05) is 53.0 Å². The lowest BCUT2D eigenvalue weighted by atomic mass is 9.95. The third-order valence-corrected chi connectivity index (χ3v) is 8.03. The molecule has 1 aliphatic carbocycles. The number of morpholine rings is 1. The molecule has 0 spiro atoms. The molecule has 7 nitrogen and oxygen atoms in total. The molecular formula is C30H36ClN3O4. The number of hydrogen-bond donors (Lipinski definition) is 0. The van der Waals surface area contributed by atoms with Gasteiger partial charge in [0.05, 0.1) is 25.8 Å². The number of aryl methyl sites for hydroxylation is 2. The Morgan fingerprint density at radius 1 is 1.11 bits per heavy atom. The smallest absolute Gasteiger partial charge is 0.410 e. The largest absolute Gasteiger partial charge is 0.445 e. The molecule has 202 valence electrons. The molecule has 2 aromatic rings. The first-order chi connectivity index (χ1) is 18.4. The number of ether oxygens (including phenoxy) is 2. The summed E-state index contributed by atoms with van der Waals surface area (Å²) in [6.07, 6.45) is 4.49. The lowest BCUT2D eigenvalue weighted by Crippen LogP contribution is -2.45. The average molecular weight is 538 g/mol. The van der Waals surface area contributed by atoms with Gasteiger partial charge >= 0.3 is 6.09 Å². The normalized spacial score (nSPS) is 19.6. The maximum atomic E-state index is 12.9. The fraction of sp³-hybridized carbons (Fsp3) is 0.467. The highest BCUT2D eigenvalue weighted by Gasteiger charge is 2.30. The van der Waals surface area contributed by atoms with Crippen LogP contribution in [0.5, 0.6) is 0 Å². The van der Waals surface area contributed by atoms with Crippen molar-refractivity contribution in [1.29, 1.82) is 0 Å². The predicted octanol–water partition coefficient (Wildman–Crippen LogP) is 4.85. The van der Waals surface area contributed by atoms with Gasteiger partial charge in [-0.05, 0) is 77.8 Å². The molecule has 0 aromatic heterocycles. The van der Waals surface area contributed by atoms with Crippen LogP contribution in [0.25, 0.3) is 5.57 Å². The number of hydrogen-bond acceptors (Lipinski definition) is 5. The highest BCUT2D eigenvalue weighted by Crippen LogP contribution is 2.38. The van der Waals surface area contributed by atoms with Crippen molar-refractivity contribution in [1.82, 2.24) is 14.7 Å². The molecule has 2 amide bonds. The summed E-state index contributed by atoms with van der Waals surface area (Å²) in [5.41, 5.74) is 6.82. The van der Waals surface area contributed by atoms with Gasteiger partial charge in [-0.3, -0.25) is 9.69 Å². The fourth-order valence-electron chi connectivity index (χ4n) is 5.66. The molecule has 38 heavy (non-hydrogen) atoms. The minimum Gasteiger partial charge on any atom is -0.445 e. The predicted molar refractivity (Wildman–Crippen MR) is 148 cm³/mol. The fourth-order valence-corrected chi connectivity index (χ4v) is 5.97. The van der Waals surface area contributed by atoms with E-state index in [9.17, 15) is 9.59 Å². The Kier molecular flexibility index (Phi) is 8.36. The molecular weight excluding hydrogens is 502 g/mol. The number of halogens is 1. The second kappa shape index (κ2) is 11.9. The molecule has 0 saturated carbocycles. The third-order valence-electron chi connectivity index (χ3n) is 7.81. The van der Waals surface area contributed by atoms with Gasteiger partial charge in [0, 0.05) is 38.2 Å². The summed E-state index contributed by atoms with van der Waals surface area (Å²) in [5.74, 6) is 0.185. The summed E-state index contributed by atoms with van der Waals surface area (Å²) in [7, 11) is 1.82. The first kappa shape index (κ1) is 26.7. The number of rotatable bonds is 6. The SMILES string of the molecule is Cc1cc(Cl)cc(COC(=O)N(C)C2CCc3ccc(C4=CCN(C(=O)CN5CCOCC5)CC4)cc32)c1. The molecule has 1 fully saturated rings. The lowest BCUT2D eigenvalue weighted by Gasteiger charge is -2.31. The van der Waals surface area contributed by atoms with Crippen molar-refractivity contribution in [2.45, 2.75) is 38.8 Å². The van der Waals surface area contributed by atoms with Gasteiger partial charge in [0.1, 0.15) is 6.61 Å². The topological polar surface area (TPSA) is 62.3 Å². The van der Waals surface area contributed by atoms with E-state index in [2.05, 4.69) is 29.2 Å². The van der Waals surface area contributed by atoms with Crippen molar-refractivity contribution in [3.05, 3.63) is 75.3 Å². The van der Waals surface area contributed by atoms with Gasteiger partial charge in [-0.1, -0.05) is 35.9 Å². The standard InChI is InChI=1S/C30H36ClN3O4/c1-21-15-22(17-26(31)16-21)20-38-30(36)32(2)28-6-5-24-3-4-25(18-27(24)28)23-7-9-34(10-8-23)29(35)19-33-11-13-37-14-12-33/h3-4,7,15-18,28H,5-6,8-14,19-20H2,1-2H3. The Hall–Kier alpha value is -2.87. The van der Waals surface area contributed by atoms with Crippen LogP contribution in [0.3, 0.4) is 0 Å². The second-order valence-corrected chi connectivity index (χ2v) is 10.9. The van der Waals surface area contributed by atoms with Crippen LogP contribution in [0.4, 0.5) is 4.79 Å². The van der Waals surface area contributed by atoms with Gasteiger partial charge < -0.3 is 19.3 Å². The highest BCUT2D eigenvalue weighted by atomic mass is 35.5. The average Bonchev–Trinajstić information content (AvgIpc) is 3.35. The lowest BCUT2D eigenvalue weighted by molar-refractivity contribution is -0.133. The number of nitrogens with zero attached hydrogens (tertiary/aromatic N) is 3. The summed E-state index contributed by atoms with van der Waals surface area (Å²) < 4.78 is 11.0. The Labute approximate surface area is 229 Å². The van der Waals surface area contributed by atoms with Gasteiger partial charge in [-0.15, -0.1) is 0 Å². The van der Waals surface area contributed by atoms with Gasteiger partial charge in [0.25, 0.3) is 0 Å². The van der Waals surface area contributed by atoms with E-state index < -0.39 is 0 Å². The molecule has 1 unspecified atom stereocenters. The highest BCUT2D eigenvalue weighted by molar-refractivity contribution is 6.30.